The van der Waals surface area contributed by atoms with Crippen molar-refractivity contribution in [2.75, 3.05) is 0 Å². The van der Waals surface area contributed by atoms with Gasteiger partial charge in [0.1, 0.15) is 0 Å². The summed E-state index contributed by atoms with van der Waals surface area (Å²) in [6, 6.07) is 4.05. The zero-order valence-electron chi connectivity index (χ0n) is 14.2. The summed E-state index contributed by atoms with van der Waals surface area (Å²) in [5, 5.41) is 7.16. The van der Waals surface area contributed by atoms with Crippen molar-refractivity contribution in [1.29, 1.82) is 0 Å². The summed E-state index contributed by atoms with van der Waals surface area (Å²) >= 11 is 2.10. The summed E-state index contributed by atoms with van der Waals surface area (Å²) in [4.78, 5) is 0. The first-order valence-corrected chi connectivity index (χ1v) is 9.48. The van der Waals surface area contributed by atoms with Crippen molar-refractivity contribution in [2.24, 2.45) is 0 Å². The molecule has 0 radical (unpaired) electrons. The van der Waals surface area contributed by atoms with Gasteiger partial charge >= 0.3 is 160 Å². The summed E-state index contributed by atoms with van der Waals surface area (Å²) in [7, 11) is 0. The van der Waals surface area contributed by atoms with Gasteiger partial charge in [0.05, 0.1) is 0 Å². The molecule has 1 N–H and O–H groups in total. The Morgan fingerprint density at radius 2 is 1.77 bits per heavy atom. The molecule has 0 unspecified atom stereocenters. The number of halogens is 3. The van der Waals surface area contributed by atoms with Crippen molar-refractivity contribution in [3.63, 3.8) is 0 Å². The van der Waals surface area contributed by atoms with Crippen LogP contribution in [0.5, 0.6) is 0 Å². The van der Waals surface area contributed by atoms with E-state index in [9.17, 15) is 13.2 Å². The van der Waals surface area contributed by atoms with E-state index in [0.717, 1.165) is 59.6 Å². The van der Waals surface area contributed by atoms with Crippen LogP contribution in [0.4, 0.5) is 13.2 Å². The second-order valence-electron chi connectivity index (χ2n) is 6.18. The van der Waals surface area contributed by atoms with Gasteiger partial charge in [0.25, 0.3) is 0 Å². The van der Waals surface area contributed by atoms with Crippen LogP contribution in [0.1, 0.15) is 30.7 Å². The molecule has 0 saturated carbocycles. The Balaban J connectivity index is 1.58. The monoisotopic (exact) mass is 543 g/mol. The van der Waals surface area contributed by atoms with Gasteiger partial charge in [0.15, 0.2) is 0 Å². The minimum absolute atomic E-state index is 0.263. The number of hydrogen-bond acceptors (Lipinski definition) is 1. The normalized spacial score (nSPS) is 11.3. The summed E-state index contributed by atoms with van der Waals surface area (Å²) in [6.07, 6.45) is 7.62. The number of imidazole rings is 1. The van der Waals surface area contributed by atoms with Gasteiger partial charge in [-0.15, -0.1) is 0 Å². The van der Waals surface area contributed by atoms with Crippen LogP contribution in [0.2, 0.25) is 0 Å². The molecule has 3 rings (SSSR count). The van der Waals surface area contributed by atoms with Gasteiger partial charge in [-0.3, -0.25) is 0 Å². The van der Waals surface area contributed by atoms with Crippen LogP contribution in [0.15, 0.2) is 30.6 Å². The molecule has 0 fully saturated rings. The number of H-pyrrole nitrogens is 1. The first kappa shape index (κ1) is 18.9. The first-order valence-electron chi connectivity index (χ1n) is 8.34. The van der Waals surface area contributed by atoms with Crippen LogP contribution in [0, 0.1) is 28.2 Å². The molecule has 0 aliphatic carbocycles. The van der Waals surface area contributed by atoms with Gasteiger partial charge in [-0.25, -0.2) is 0 Å². The molecule has 0 aliphatic heterocycles. The number of unbranched alkanes of at least 4 members (excludes halogenated alkanes) is 2. The van der Waals surface area contributed by atoms with Crippen LogP contribution in [-0.2, 0) is 32.3 Å². The van der Waals surface area contributed by atoms with Crippen LogP contribution >= 0.6 is 0 Å². The number of nitrogens with one attached hydrogen (secondary N) is 1. The van der Waals surface area contributed by atoms with E-state index in [2.05, 4.69) is 35.6 Å². The third-order valence-electron chi connectivity index (χ3n) is 4.14. The number of aromatic amines is 1. The van der Waals surface area contributed by atoms with E-state index in [1.807, 2.05) is 17.7 Å². The Hall–Kier alpha value is -1.88. The van der Waals surface area contributed by atoms with E-state index in [1.165, 1.54) is 0 Å². The maximum absolute atomic E-state index is 13.4. The van der Waals surface area contributed by atoms with E-state index in [-0.39, 0.29) is 5.69 Å². The molecule has 3 aromatic rings. The van der Waals surface area contributed by atoms with Gasteiger partial charge in [-0.05, 0) is 0 Å². The average Bonchev–Trinajstić information content (AvgIpc) is 3.18. The summed E-state index contributed by atoms with van der Waals surface area (Å²) in [5.74, 6) is -3.83. The van der Waals surface area contributed by atoms with Crippen molar-refractivity contribution < 1.29 is 32.5 Å². The fourth-order valence-corrected chi connectivity index (χ4v) is 3.68. The predicted octanol–water partition coefficient (Wildman–Crippen LogP) is 4.22. The number of aromatic nitrogens is 4. The van der Waals surface area contributed by atoms with E-state index >= 15 is 0 Å². The Morgan fingerprint density at radius 3 is 2.42 bits per heavy atom. The molecule has 2 heterocycles. The minimum atomic E-state index is -1.45. The Kier molecular flexibility index (Phi) is 5.97. The molecular weight excluding hydrogens is 524 g/mol. The van der Waals surface area contributed by atoms with Crippen LogP contribution in [0.3, 0.4) is 0 Å². The van der Waals surface area contributed by atoms with E-state index < -0.39 is 17.5 Å². The van der Waals surface area contributed by atoms with Gasteiger partial charge < -0.3 is 0 Å². The third kappa shape index (κ3) is 4.26. The first-order chi connectivity index (χ1) is 12.5. The standard InChI is InChI=1S/C18H19F3N4.Pt/c1-13-9-14(23-22-13)5-3-2-4-6-24-7-8-25(12-24)15-10-16(19)18(21)17(20)11-15;/h7-11H,2-6H2,1H3,(H,22,23);. The molecule has 2 aromatic heterocycles. The molecule has 0 spiro atoms. The molecule has 142 valence electrons. The zero-order chi connectivity index (χ0) is 18.7. The summed E-state index contributed by atoms with van der Waals surface area (Å²) < 4.78 is 44.5. The number of nitrogens with zero attached hydrogens (tertiary/aromatic N) is 3. The number of benzene rings is 1. The zero-order valence-corrected chi connectivity index (χ0v) is 16.5. The average molecular weight is 543 g/mol. The van der Waals surface area contributed by atoms with Crippen molar-refractivity contribution in [1.82, 2.24) is 19.3 Å². The Labute approximate surface area is 160 Å². The van der Waals surface area contributed by atoms with Crippen molar-refractivity contribution in [3.05, 3.63) is 63.2 Å². The quantitative estimate of drug-likeness (QED) is 0.352. The van der Waals surface area contributed by atoms with Crippen molar-refractivity contribution in [2.45, 2.75) is 39.2 Å². The fraction of sp³-hybridized carbons (Fsp3) is 0.333. The molecule has 0 atom stereocenters. The molecule has 26 heavy (non-hydrogen) atoms. The van der Waals surface area contributed by atoms with Gasteiger partial charge in [0, 0.05) is 0 Å². The second kappa shape index (κ2) is 8.21. The van der Waals surface area contributed by atoms with E-state index in [4.69, 9.17) is 0 Å². The topological polar surface area (TPSA) is 38.5 Å². The fourth-order valence-electron chi connectivity index (χ4n) is 2.79. The van der Waals surface area contributed by atoms with Gasteiger partial charge in [0.2, 0.25) is 0 Å². The number of hydrogen-bond donors (Lipinski definition) is 1. The van der Waals surface area contributed by atoms with Gasteiger partial charge in [-0.1, -0.05) is 0 Å². The molecule has 0 aliphatic rings. The molecule has 0 amide bonds. The van der Waals surface area contributed by atoms with E-state index in [0.29, 0.717) is 0 Å². The molecular formula is C18H19F3N4Pt. The van der Waals surface area contributed by atoms with Crippen molar-refractivity contribution >= 4 is 0 Å². The molecule has 1 aromatic carbocycles. The van der Waals surface area contributed by atoms with Crippen LogP contribution in [0.25, 0.3) is 5.69 Å². The summed E-state index contributed by atoms with van der Waals surface area (Å²) in [5.41, 5.74) is 2.41. The number of rotatable bonds is 7. The molecule has 0 saturated heterocycles. The van der Waals surface area contributed by atoms with E-state index in [1.54, 1.807) is 10.8 Å². The maximum atomic E-state index is 13.4. The van der Waals surface area contributed by atoms with Crippen LogP contribution < -0.4 is 0 Å². The molecule has 4 nitrogen and oxygen atoms in total. The third-order valence-corrected chi connectivity index (χ3v) is 5.34. The number of aryl methyl sites for hydroxylation is 3. The summed E-state index contributed by atoms with van der Waals surface area (Å²) in [6.45, 7) is 2.79. The van der Waals surface area contributed by atoms with Crippen LogP contribution in [-0.4, -0.2) is 19.3 Å². The van der Waals surface area contributed by atoms with Gasteiger partial charge in [-0.2, -0.15) is 0 Å². The second-order valence-corrected chi connectivity index (χ2v) is 7.20. The Morgan fingerprint density at radius 1 is 1.04 bits per heavy atom. The molecule has 8 heteroatoms. The molecule has 0 bridgehead atoms. The Bertz CT molecular complexity index is 934. The van der Waals surface area contributed by atoms with Crippen molar-refractivity contribution in [3.8, 4) is 5.69 Å². The SMILES string of the molecule is Cc1cc(CCCCCn2ccn(-c3cc(F)c(F)c(F)c3)[c]2=[Pt])n[nH]1. The predicted molar refractivity (Wildman–Crippen MR) is 87.8 cm³/mol.